The summed E-state index contributed by atoms with van der Waals surface area (Å²) in [5.41, 5.74) is 0.992. The van der Waals surface area contributed by atoms with Crippen molar-refractivity contribution in [1.82, 2.24) is 0 Å². The molecule has 0 aliphatic carbocycles. The van der Waals surface area contributed by atoms with Crippen molar-refractivity contribution in [2.45, 2.75) is 26.7 Å². The van der Waals surface area contributed by atoms with E-state index in [0.717, 1.165) is 25.9 Å². The van der Waals surface area contributed by atoms with Gasteiger partial charge in [-0.1, -0.05) is 31.5 Å². The van der Waals surface area contributed by atoms with Crippen molar-refractivity contribution in [3.05, 3.63) is 33.3 Å². The molecule has 1 aromatic rings. The van der Waals surface area contributed by atoms with Crippen LogP contribution in [0.2, 0.25) is 5.02 Å². The average molecular weight is 269 g/mol. The fourth-order valence-corrected chi connectivity index (χ4v) is 2.53. The van der Waals surface area contributed by atoms with Gasteiger partial charge in [-0.05, 0) is 30.4 Å². The lowest BCUT2D eigenvalue weighted by molar-refractivity contribution is -0.384. The molecule has 0 atom stereocenters. The second kappa shape index (κ2) is 4.76. The maximum atomic E-state index is 11.1. The van der Waals surface area contributed by atoms with Crippen LogP contribution in [0.15, 0.2) is 18.2 Å². The summed E-state index contributed by atoms with van der Waals surface area (Å²) >= 11 is 5.93. The largest absolute Gasteiger partial charge is 0.366 e. The summed E-state index contributed by atoms with van der Waals surface area (Å²) in [5.74, 6) is 0. The molecule has 0 aromatic heterocycles. The van der Waals surface area contributed by atoms with E-state index in [4.69, 9.17) is 11.6 Å². The minimum Gasteiger partial charge on any atom is -0.366 e. The van der Waals surface area contributed by atoms with E-state index in [9.17, 15) is 10.1 Å². The molecule has 0 radical (unpaired) electrons. The number of anilines is 1. The predicted octanol–water partition coefficient (Wildman–Crippen LogP) is 3.87. The van der Waals surface area contributed by atoms with Crippen LogP contribution in [0.3, 0.4) is 0 Å². The Balaban J connectivity index is 2.30. The highest BCUT2D eigenvalue weighted by Gasteiger charge is 2.29. The first-order valence-corrected chi connectivity index (χ1v) is 6.46. The molecule has 5 heteroatoms. The van der Waals surface area contributed by atoms with Gasteiger partial charge in [0.1, 0.15) is 10.7 Å². The van der Waals surface area contributed by atoms with Gasteiger partial charge in [-0.25, -0.2) is 0 Å². The summed E-state index contributed by atoms with van der Waals surface area (Å²) in [5, 5.41) is 11.3. The molecule has 1 aliphatic heterocycles. The van der Waals surface area contributed by atoms with Gasteiger partial charge in [0.15, 0.2) is 0 Å². The number of nitro benzene ring substituents is 1. The molecule has 1 saturated heterocycles. The van der Waals surface area contributed by atoms with Crippen LogP contribution >= 0.6 is 11.6 Å². The van der Waals surface area contributed by atoms with Crippen LogP contribution in [0, 0.1) is 15.5 Å². The number of hydrogen-bond donors (Lipinski definition) is 0. The van der Waals surface area contributed by atoms with Gasteiger partial charge in [0.2, 0.25) is 0 Å². The number of benzene rings is 1. The molecule has 0 amide bonds. The first-order chi connectivity index (χ1) is 8.41. The molecule has 1 aromatic carbocycles. The molecule has 0 spiro atoms. The molecule has 1 fully saturated rings. The Morgan fingerprint density at radius 1 is 1.33 bits per heavy atom. The molecule has 0 bridgehead atoms. The van der Waals surface area contributed by atoms with E-state index in [1.807, 2.05) is 0 Å². The maximum absolute atomic E-state index is 11.1. The van der Waals surface area contributed by atoms with E-state index in [2.05, 4.69) is 18.7 Å². The van der Waals surface area contributed by atoms with Crippen LogP contribution in [0.25, 0.3) is 0 Å². The molecule has 0 saturated carbocycles. The SMILES string of the molecule is CC1(C)CCN(c2cccc(Cl)c2[N+](=O)[O-])CC1. The zero-order chi connectivity index (χ0) is 13.3. The number of hydrogen-bond acceptors (Lipinski definition) is 3. The summed E-state index contributed by atoms with van der Waals surface area (Å²) in [7, 11) is 0. The Morgan fingerprint density at radius 3 is 2.50 bits per heavy atom. The zero-order valence-corrected chi connectivity index (χ0v) is 11.4. The maximum Gasteiger partial charge on any atom is 0.310 e. The zero-order valence-electron chi connectivity index (χ0n) is 10.6. The third-order valence-electron chi connectivity index (χ3n) is 3.61. The normalized spacial score (nSPS) is 18.7. The highest BCUT2D eigenvalue weighted by molar-refractivity contribution is 6.33. The van der Waals surface area contributed by atoms with Crippen molar-refractivity contribution in [3.63, 3.8) is 0 Å². The summed E-state index contributed by atoms with van der Waals surface area (Å²) in [6.07, 6.45) is 2.08. The van der Waals surface area contributed by atoms with Gasteiger partial charge in [0, 0.05) is 13.1 Å². The van der Waals surface area contributed by atoms with E-state index in [-0.39, 0.29) is 10.7 Å². The van der Waals surface area contributed by atoms with Crippen molar-refractivity contribution in [3.8, 4) is 0 Å². The lowest BCUT2D eigenvalue weighted by atomic mass is 9.82. The standard InChI is InChI=1S/C13H17ClN2O2/c1-13(2)6-8-15(9-7-13)11-5-3-4-10(14)12(11)16(17)18/h3-5H,6-9H2,1-2H3. The van der Waals surface area contributed by atoms with Gasteiger partial charge in [-0.15, -0.1) is 0 Å². The number of rotatable bonds is 2. The second-order valence-electron chi connectivity index (χ2n) is 5.52. The minimum atomic E-state index is -0.391. The van der Waals surface area contributed by atoms with Crippen molar-refractivity contribution in [1.29, 1.82) is 0 Å². The number of para-hydroxylation sites is 1. The number of nitrogens with zero attached hydrogens (tertiary/aromatic N) is 2. The van der Waals surface area contributed by atoms with Crippen LogP contribution in [-0.4, -0.2) is 18.0 Å². The Hall–Kier alpha value is -1.29. The quantitative estimate of drug-likeness (QED) is 0.604. The second-order valence-corrected chi connectivity index (χ2v) is 5.92. The third-order valence-corrected chi connectivity index (χ3v) is 3.91. The van der Waals surface area contributed by atoms with Crippen LogP contribution in [0.4, 0.5) is 11.4 Å². The Labute approximate surface area is 112 Å². The molecular weight excluding hydrogens is 252 g/mol. The van der Waals surface area contributed by atoms with Crippen LogP contribution in [-0.2, 0) is 0 Å². The van der Waals surface area contributed by atoms with Crippen molar-refractivity contribution < 1.29 is 4.92 Å². The molecule has 1 aliphatic rings. The third kappa shape index (κ3) is 2.58. The van der Waals surface area contributed by atoms with E-state index in [1.54, 1.807) is 18.2 Å². The summed E-state index contributed by atoms with van der Waals surface area (Å²) in [4.78, 5) is 12.8. The van der Waals surface area contributed by atoms with Crippen LogP contribution < -0.4 is 4.90 Å². The van der Waals surface area contributed by atoms with Crippen LogP contribution in [0.5, 0.6) is 0 Å². The van der Waals surface area contributed by atoms with Gasteiger partial charge >= 0.3 is 5.69 Å². The predicted molar refractivity (Wildman–Crippen MR) is 73.3 cm³/mol. The fourth-order valence-electron chi connectivity index (χ4n) is 2.29. The van der Waals surface area contributed by atoms with Gasteiger partial charge in [-0.2, -0.15) is 0 Å². The van der Waals surface area contributed by atoms with E-state index < -0.39 is 4.92 Å². The lowest BCUT2D eigenvalue weighted by Crippen LogP contribution is -2.37. The van der Waals surface area contributed by atoms with Crippen LogP contribution in [0.1, 0.15) is 26.7 Å². The Morgan fingerprint density at radius 2 is 1.94 bits per heavy atom. The minimum absolute atomic E-state index is 0.0267. The first kappa shape index (κ1) is 13.1. The summed E-state index contributed by atoms with van der Waals surface area (Å²) in [6, 6.07) is 5.11. The summed E-state index contributed by atoms with van der Waals surface area (Å²) in [6.45, 7) is 6.15. The lowest BCUT2D eigenvalue weighted by Gasteiger charge is -2.37. The van der Waals surface area contributed by atoms with Gasteiger partial charge in [0.25, 0.3) is 0 Å². The molecule has 18 heavy (non-hydrogen) atoms. The Bertz CT molecular complexity index is 464. The smallest absolute Gasteiger partial charge is 0.310 e. The highest BCUT2D eigenvalue weighted by Crippen LogP contribution is 2.38. The van der Waals surface area contributed by atoms with Crippen molar-refractivity contribution >= 4 is 23.0 Å². The van der Waals surface area contributed by atoms with Crippen molar-refractivity contribution in [2.75, 3.05) is 18.0 Å². The molecule has 98 valence electrons. The summed E-state index contributed by atoms with van der Waals surface area (Å²) < 4.78 is 0. The molecule has 0 unspecified atom stereocenters. The van der Waals surface area contributed by atoms with Gasteiger partial charge < -0.3 is 4.90 Å². The molecular formula is C13H17ClN2O2. The molecule has 1 heterocycles. The highest BCUT2D eigenvalue weighted by atomic mass is 35.5. The van der Waals surface area contributed by atoms with Crippen molar-refractivity contribution in [2.24, 2.45) is 5.41 Å². The number of halogens is 1. The monoisotopic (exact) mass is 268 g/mol. The van der Waals surface area contributed by atoms with Gasteiger partial charge in [-0.3, -0.25) is 10.1 Å². The van der Waals surface area contributed by atoms with E-state index in [0.29, 0.717) is 11.1 Å². The fraction of sp³-hybridized carbons (Fsp3) is 0.538. The molecule has 0 N–H and O–H groups in total. The first-order valence-electron chi connectivity index (χ1n) is 6.08. The number of piperidine rings is 1. The number of nitro groups is 1. The van der Waals surface area contributed by atoms with E-state index in [1.165, 1.54) is 0 Å². The molecule has 2 rings (SSSR count). The van der Waals surface area contributed by atoms with E-state index >= 15 is 0 Å². The molecule has 4 nitrogen and oxygen atoms in total. The Kier molecular flexibility index (Phi) is 3.48. The average Bonchev–Trinajstić information content (AvgIpc) is 2.28. The van der Waals surface area contributed by atoms with Gasteiger partial charge in [0.05, 0.1) is 4.92 Å². The topological polar surface area (TPSA) is 46.4 Å².